The molecule has 0 aliphatic carbocycles. The smallest absolute Gasteiger partial charge is 0.0724 e. The summed E-state index contributed by atoms with van der Waals surface area (Å²) in [6.45, 7) is 1.97. The first-order valence-corrected chi connectivity index (χ1v) is 6.64. The molecule has 1 aliphatic heterocycles. The zero-order valence-corrected chi connectivity index (χ0v) is 9.67. The Labute approximate surface area is 95.1 Å². The molecule has 0 atom stereocenters. The van der Waals surface area contributed by atoms with E-state index in [4.69, 9.17) is 0 Å². The third kappa shape index (κ3) is 3.80. The number of nitrogens with one attached hydrogen (secondary N) is 1. The second-order valence-electron chi connectivity index (χ2n) is 3.88. The van der Waals surface area contributed by atoms with Gasteiger partial charge in [-0.15, -0.1) is 0 Å². The lowest BCUT2D eigenvalue weighted by molar-refractivity contribution is 0.446. The molecule has 0 spiro atoms. The van der Waals surface area contributed by atoms with Crippen LogP contribution in [0.25, 0.3) is 0 Å². The molecule has 1 fully saturated rings. The van der Waals surface area contributed by atoms with Gasteiger partial charge in [-0.05, 0) is 36.8 Å². The van der Waals surface area contributed by atoms with Crippen LogP contribution in [0.3, 0.4) is 0 Å². The van der Waals surface area contributed by atoms with Crippen molar-refractivity contribution in [1.82, 2.24) is 15.3 Å². The van der Waals surface area contributed by atoms with Gasteiger partial charge in [0.1, 0.15) is 0 Å². The largest absolute Gasteiger partial charge is 0.311 e. The Hall–Kier alpha value is -0.610. The molecular formula is C11H17N3S. The van der Waals surface area contributed by atoms with E-state index in [2.05, 4.69) is 27.0 Å². The highest BCUT2D eigenvalue weighted by atomic mass is 32.2. The van der Waals surface area contributed by atoms with Crippen LogP contribution >= 0.6 is 11.8 Å². The molecule has 4 heteroatoms. The normalized spacial score (nSPS) is 17.9. The average Bonchev–Trinajstić information content (AvgIpc) is 2.32. The minimum atomic E-state index is 0.845. The summed E-state index contributed by atoms with van der Waals surface area (Å²) in [6.07, 6.45) is 8.00. The van der Waals surface area contributed by atoms with Crippen molar-refractivity contribution in [3.8, 4) is 0 Å². The minimum absolute atomic E-state index is 0.845. The van der Waals surface area contributed by atoms with Crippen LogP contribution < -0.4 is 5.32 Å². The van der Waals surface area contributed by atoms with E-state index in [0.29, 0.717) is 0 Å². The summed E-state index contributed by atoms with van der Waals surface area (Å²) in [5.41, 5.74) is 1.03. The fraction of sp³-hybridized carbons (Fsp3) is 0.636. The zero-order chi connectivity index (χ0) is 10.3. The Kier molecular flexibility index (Phi) is 4.41. The van der Waals surface area contributed by atoms with Gasteiger partial charge in [0.15, 0.2) is 0 Å². The van der Waals surface area contributed by atoms with E-state index in [1.54, 1.807) is 12.4 Å². The van der Waals surface area contributed by atoms with E-state index >= 15 is 0 Å². The van der Waals surface area contributed by atoms with Crippen LogP contribution in [0.4, 0.5) is 0 Å². The van der Waals surface area contributed by atoms with Crippen LogP contribution in [-0.2, 0) is 6.54 Å². The Bertz CT molecular complexity index is 272. The minimum Gasteiger partial charge on any atom is -0.311 e. The first-order valence-electron chi connectivity index (χ1n) is 5.48. The van der Waals surface area contributed by atoms with E-state index < -0.39 is 0 Å². The number of nitrogens with zero attached hydrogens (tertiary/aromatic N) is 2. The molecule has 1 aromatic heterocycles. The number of thioether (sulfide) groups is 1. The monoisotopic (exact) mass is 223 g/mol. The highest BCUT2D eigenvalue weighted by Gasteiger charge is 2.12. The lowest BCUT2D eigenvalue weighted by Crippen LogP contribution is -2.25. The third-order valence-corrected chi connectivity index (χ3v) is 3.75. The quantitative estimate of drug-likeness (QED) is 0.843. The van der Waals surface area contributed by atoms with Crippen LogP contribution in [-0.4, -0.2) is 28.0 Å². The molecule has 1 aliphatic rings. The summed E-state index contributed by atoms with van der Waals surface area (Å²) in [5, 5.41) is 3.46. The highest BCUT2D eigenvalue weighted by molar-refractivity contribution is 7.99. The first kappa shape index (κ1) is 10.9. The second kappa shape index (κ2) is 6.08. The molecule has 1 aromatic rings. The van der Waals surface area contributed by atoms with Gasteiger partial charge < -0.3 is 5.32 Å². The molecular weight excluding hydrogens is 206 g/mol. The van der Waals surface area contributed by atoms with Crippen molar-refractivity contribution in [2.75, 3.05) is 18.1 Å². The standard InChI is InChI=1S/C11H17N3S/c1-5-15-6-2-10(1)7-13-9-11-8-12-3-4-14-11/h3-4,8,10,13H,1-2,5-7,9H2. The molecule has 2 heterocycles. The Morgan fingerprint density at radius 2 is 2.20 bits per heavy atom. The van der Waals surface area contributed by atoms with Gasteiger partial charge in [0, 0.05) is 25.1 Å². The lowest BCUT2D eigenvalue weighted by Gasteiger charge is -2.21. The van der Waals surface area contributed by atoms with E-state index in [1.165, 1.54) is 24.3 Å². The first-order chi connectivity index (χ1) is 7.45. The fourth-order valence-corrected chi connectivity index (χ4v) is 2.98. The van der Waals surface area contributed by atoms with E-state index in [0.717, 1.165) is 24.7 Å². The van der Waals surface area contributed by atoms with Crippen LogP contribution in [0.5, 0.6) is 0 Å². The molecule has 0 radical (unpaired) electrons. The zero-order valence-electron chi connectivity index (χ0n) is 8.85. The molecule has 82 valence electrons. The van der Waals surface area contributed by atoms with Crippen LogP contribution in [0.2, 0.25) is 0 Å². The summed E-state index contributed by atoms with van der Waals surface area (Å²) in [7, 11) is 0. The Morgan fingerprint density at radius 1 is 1.33 bits per heavy atom. The van der Waals surface area contributed by atoms with Gasteiger partial charge in [0.05, 0.1) is 5.69 Å². The average molecular weight is 223 g/mol. The second-order valence-corrected chi connectivity index (χ2v) is 5.11. The van der Waals surface area contributed by atoms with E-state index in [-0.39, 0.29) is 0 Å². The maximum absolute atomic E-state index is 4.23. The van der Waals surface area contributed by atoms with Crippen molar-refractivity contribution in [2.24, 2.45) is 5.92 Å². The van der Waals surface area contributed by atoms with Crippen molar-refractivity contribution in [2.45, 2.75) is 19.4 Å². The maximum atomic E-state index is 4.23. The Morgan fingerprint density at radius 3 is 2.93 bits per heavy atom. The van der Waals surface area contributed by atoms with Crippen molar-refractivity contribution >= 4 is 11.8 Å². The molecule has 1 saturated heterocycles. The van der Waals surface area contributed by atoms with Crippen LogP contribution in [0.1, 0.15) is 18.5 Å². The van der Waals surface area contributed by atoms with Gasteiger partial charge in [0.2, 0.25) is 0 Å². The van der Waals surface area contributed by atoms with Gasteiger partial charge >= 0.3 is 0 Å². The van der Waals surface area contributed by atoms with Crippen molar-refractivity contribution in [1.29, 1.82) is 0 Å². The van der Waals surface area contributed by atoms with Gasteiger partial charge in [-0.25, -0.2) is 0 Å². The summed E-state index contributed by atoms with van der Waals surface area (Å²) in [6, 6.07) is 0. The van der Waals surface area contributed by atoms with E-state index in [1.807, 2.05) is 6.20 Å². The molecule has 1 N–H and O–H groups in total. The number of aromatic nitrogens is 2. The summed E-state index contributed by atoms with van der Waals surface area (Å²) in [4.78, 5) is 8.28. The Balaban J connectivity index is 1.66. The molecule has 0 aromatic carbocycles. The van der Waals surface area contributed by atoms with Gasteiger partial charge in [-0.2, -0.15) is 11.8 Å². The molecule has 0 saturated carbocycles. The number of hydrogen-bond donors (Lipinski definition) is 1. The van der Waals surface area contributed by atoms with Crippen molar-refractivity contribution in [3.63, 3.8) is 0 Å². The fourth-order valence-electron chi connectivity index (χ4n) is 1.78. The van der Waals surface area contributed by atoms with E-state index in [9.17, 15) is 0 Å². The van der Waals surface area contributed by atoms with Crippen LogP contribution in [0.15, 0.2) is 18.6 Å². The predicted molar refractivity (Wildman–Crippen MR) is 63.8 cm³/mol. The summed E-state index contributed by atoms with van der Waals surface area (Å²) in [5.74, 6) is 3.53. The molecule has 0 unspecified atom stereocenters. The van der Waals surface area contributed by atoms with Crippen molar-refractivity contribution in [3.05, 3.63) is 24.3 Å². The molecule has 0 amide bonds. The van der Waals surface area contributed by atoms with Gasteiger partial charge in [0.25, 0.3) is 0 Å². The molecule has 3 nitrogen and oxygen atoms in total. The maximum Gasteiger partial charge on any atom is 0.0724 e. The SMILES string of the molecule is c1cnc(CNCC2CCSCC2)cn1. The summed E-state index contributed by atoms with van der Waals surface area (Å²) < 4.78 is 0. The molecule has 0 bridgehead atoms. The van der Waals surface area contributed by atoms with Gasteiger partial charge in [-0.1, -0.05) is 0 Å². The molecule has 15 heavy (non-hydrogen) atoms. The number of hydrogen-bond acceptors (Lipinski definition) is 4. The predicted octanol–water partition coefficient (Wildman–Crippen LogP) is 1.71. The topological polar surface area (TPSA) is 37.8 Å². The van der Waals surface area contributed by atoms with Gasteiger partial charge in [-0.3, -0.25) is 9.97 Å². The highest BCUT2D eigenvalue weighted by Crippen LogP contribution is 2.21. The summed E-state index contributed by atoms with van der Waals surface area (Å²) >= 11 is 2.08. The third-order valence-electron chi connectivity index (χ3n) is 2.70. The lowest BCUT2D eigenvalue weighted by atomic mass is 10.0. The van der Waals surface area contributed by atoms with Crippen LogP contribution in [0, 0.1) is 5.92 Å². The van der Waals surface area contributed by atoms with Crippen molar-refractivity contribution < 1.29 is 0 Å². The molecule has 2 rings (SSSR count). The number of rotatable bonds is 4.